The van der Waals surface area contributed by atoms with Gasteiger partial charge in [-0.15, -0.1) is 0 Å². The van der Waals surface area contributed by atoms with E-state index < -0.39 is 11.7 Å². The first kappa shape index (κ1) is 18.9. The smallest absolute Gasteiger partial charge is 0.407 e. The van der Waals surface area contributed by atoms with Crippen molar-refractivity contribution in [3.8, 4) is 0 Å². The van der Waals surface area contributed by atoms with Crippen molar-refractivity contribution >= 4 is 22.8 Å². The van der Waals surface area contributed by atoms with E-state index in [4.69, 9.17) is 4.74 Å². The van der Waals surface area contributed by atoms with Gasteiger partial charge in [0.05, 0.1) is 6.20 Å². The van der Waals surface area contributed by atoms with Crippen LogP contribution in [0.3, 0.4) is 0 Å². The number of carbonyl (C=O) groups excluding carboxylic acids is 1. The maximum absolute atomic E-state index is 12.6. The number of imidazole rings is 1. The Morgan fingerprint density at radius 3 is 2.59 bits per heavy atom. The first-order valence-corrected chi connectivity index (χ1v) is 9.07. The highest BCUT2D eigenvalue weighted by Crippen LogP contribution is 2.09. The van der Waals surface area contributed by atoms with Gasteiger partial charge in [-0.25, -0.2) is 9.78 Å². The maximum atomic E-state index is 12.6. The number of hydrogen-bond acceptors (Lipinski definition) is 5. The zero-order valence-electron chi connectivity index (χ0n) is 15.8. The molecule has 8 heteroatoms. The molecule has 0 aliphatic heterocycles. The van der Waals surface area contributed by atoms with Crippen molar-refractivity contribution in [1.29, 1.82) is 0 Å². The van der Waals surface area contributed by atoms with Gasteiger partial charge in [-0.05, 0) is 52.2 Å². The molecule has 0 atom stereocenters. The van der Waals surface area contributed by atoms with Crippen molar-refractivity contribution in [2.75, 3.05) is 6.54 Å². The minimum absolute atomic E-state index is 0.303. The molecule has 0 saturated carbocycles. The van der Waals surface area contributed by atoms with Gasteiger partial charge >= 0.3 is 6.09 Å². The Hall–Kier alpha value is -2.90. The number of carbonyl (C=O) groups is 1. The van der Waals surface area contributed by atoms with Gasteiger partial charge in [-0.2, -0.15) is 0 Å². The largest absolute Gasteiger partial charge is 0.444 e. The lowest BCUT2D eigenvalue weighted by atomic mass is 10.2. The first-order valence-electron chi connectivity index (χ1n) is 9.07. The number of aromatic nitrogens is 3. The van der Waals surface area contributed by atoms with Gasteiger partial charge in [0.1, 0.15) is 22.3 Å². The molecule has 8 nitrogen and oxygen atoms in total. The second-order valence-electron chi connectivity index (χ2n) is 7.50. The van der Waals surface area contributed by atoms with Gasteiger partial charge in [0.2, 0.25) is 0 Å². The van der Waals surface area contributed by atoms with Crippen LogP contribution in [0.2, 0.25) is 0 Å². The third-order valence-electron chi connectivity index (χ3n) is 4.18. The number of nitrogens with one attached hydrogen (secondary N) is 1. The molecule has 3 rings (SSSR count). The molecule has 0 unspecified atom stereocenters. The van der Waals surface area contributed by atoms with E-state index in [2.05, 4.69) is 10.3 Å². The van der Waals surface area contributed by atoms with E-state index in [-0.39, 0.29) is 11.1 Å². The fourth-order valence-corrected chi connectivity index (χ4v) is 3.00. The summed E-state index contributed by atoms with van der Waals surface area (Å²) in [6, 6.07) is 5.22. The summed E-state index contributed by atoms with van der Waals surface area (Å²) in [4.78, 5) is 41.0. The number of rotatable bonds is 6. The van der Waals surface area contributed by atoms with E-state index in [1.165, 1.54) is 10.8 Å². The Bertz CT molecular complexity index is 1060. The van der Waals surface area contributed by atoms with Gasteiger partial charge in [-0.1, -0.05) is 6.07 Å². The molecule has 144 valence electrons. The number of unbranched alkanes of at least 4 members (excludes halogenated alkanes) is 2. The minimum Gasteiger partial charge on any atom is -0.444 e. The van der Waals surface area contributed by atoms with Crippen LogP contribution in [0.5, 0.6) is 0 Å². The molecule has 27 heavy (non-hydrogen) atoms. The third-order valence-corrected chi connectivity index (χ3v) is 4.18. The van der Waals surface area contributed by atoms with Crippen molar-refractivity contribution in [3.05, 3.63) is 45.1 Å². The summed E-state index contributed by atoms with van der Waals surface area (Å²) in [6.07, 6.45) is 3.24. The highest BCUT2D eigenvalue weighted by atomic mass is 16.6. The lowest BCUT2D eigenvalue weighted by Gasteiger charge is -2.19. The zero-order valence-corrected chi connectivity index (χ0v) is 15.8. The van der Waals surface area contributed by atoms with E-state index in [0.29, 0.717) is 36.2 Å². The van der Waals surface area contributed by atoms with Crippen LogP contribution in [-0.2, 0) is 11.3 Å². The summed E-state index contributed by atoms with van der Waals surface area (Å²) in [5.41, 5.74) is 0.310. The van der Waals surface area contributed by atoms with Crippen LogP contribution >= 0.6 is 0 Å². The van der Waals surface area contributed by atoms with Gasteiger partial charge in [0.15, 0.2) is 0 Å². The van der Waals surface area contributed by atoms with Crippen LogP contribution < -0.4 is 16.4 Å². The number of hydrogen-bond donors (Lipinski definition) is 1. The standard InChI is InChI=1S/C19H24N4O4/c1-19(2,3)27-18(26)20-10-5-4-6-11-22-16(24)13-8-7-9-15-21-12-14(17(22)25)23(13)15/h7-9,12H,4-6,10-11H2,1-3H3,(H,20,26). The summed E-state index contributed by atoms with van der Waals surface area (Å²) >= 11 is 0. The molecule has 3 aromatic heterocycles. The van der Waals surface area contributed by atoms with Gasteiger partial charge in [-0.3, -0.25) is 18.6 Å². The molecule has 1 N–H and O–H groups in total. The number of ether oxygens (including phenoxy) is 1. The van der Waals surface area contributed by atoms with Gasteiger partial charge in [0.25, 0.3) is 11.1 Å². The topological polar surface area (TPSA) is 94.7 Å². The number of alkyl carbamates (subject to hydrolysis) is 1. The average molecular weight is 372 g/mol. The highest BCUT2D eigenvalue weighted by molar-refractivity contribution is 5.67. The lowest BCUT2D eigenvalue weighted by molar-refractivity contribution is 0.0527. The van der Waals surface area contributed by atoms with Crippen LogP contribution in [0.4, 0.5) is 4.79 Å². The van der Waals surface area contributed by atoms with Crippen molar-refractivity contribution in [3.63, 3.8) is 0 Å². The molecule has 0 fully saturated rings. The highest BCUT2D eigenvalue weighted by Gasteiger charge is 2.16. The molecule has 0 aliphatic rings. The maximum Gasteiger partial charge on any atom is 0.407 e. The molecule has 0 aliphatic carbocycles. The molecule has 0 aromatic carbocycles. The van der Waals surface area contributed by atoms with E-state index in [1.54, 1.807) is 22.6 Å². The number of pyridine rings is 1. The third kappa shape index (κ3) is 4.10. The SMILES string of the molecule is CC(C)(C)OC(=O)NCCCCCn1c(=O)c2cccc3ncc(c1=O)n32. The van der Waals surface area contributed by atoms with Gasteiger partial charge < -0.3 is 10.1 Å². The fraction of sp³-hybridized carbons (Fsp3) is 0.474. The summed E-state index contributed by atoms with van der Waals surface area (Å²) in [5.74, 6) is 0. The van der Waals surface area contributed by atoms with E-state index in [1.807, 2.05) is 20.8 Å². The lowest BCUT2D eigenvalue weighted by Crippen LogP contribution is -2.35. The molecule has 3 aromatic rings. The summed E-state index contributed by atoms with van der Waals surface area (Å²) in [7, 11) is 0. The molecule has 0 spiro atoms. The van der Waals surface area contributed by atoms with Crippen LogP contribution in [0, 0.1) is 0 Å². The molecular weight excluding hydrogens is 348 g/mol. The van der Waals surface area contributed by atoms with Crippen LogP contribution in [0.1, 0.15) is 40.0 Å². The Labute approximate surface area is 156 Å². The quantitative estimate of drug-likeness (QED) is 0.669. The monoisotopic (exact) mass is 372 g/mol. The Kier molecular flexibility index (Phi) is 5.16. The summed E-state index contributed by atoms with van der Waals surface area (Å²) in [5, 5.41) is 2.70. The predicted octanol–water partition coefficient (Wildman–Crippen LogP) is 2.14. The Morgan fingerprint density at radius 2 is 1.85 bits per heavy atom. The van der Waals surface area contributed by atoms with Crippen LogP contribution in [-0.4, -0.2) is 32.2 Å². The molecular formula is C19H24N4O4. The molecule has 3 heterocycles. The molecule has 0 radical (unpaired) electrons. The second kappa shape index (κ2) is 7.38. The van der Waals surface area contributed by atoms with Crippen molar-refractivity contribution in [2.45, 2.75) is 52.2 Å². The fourth-order valence-electron chi connectivity index (χ4n) is 3.00. The second-order valence-corrected chi connectivity index (χ2v) is 7.50. The average Bonchev–Trinajstić information content (AvgIpc) is 3.02. The zero-order chi connectivity index (χ0) is 19.6. The van der Waals surface area contributed by atoms with E-state index in [9.17, 15) is 14.4 Å². The van der Waals surface area contributed by atoms with Crippen molar-refractivity contribution in [2.24, 2.45) is 0 Å². The Balaban J connectivity index is 1.58. The first-order chi connectivity index (χ1) is 12.8. The predicted molar refractivity (Wildman–Crippen MR) is 103 cm³/mol. The molecule has 1 amide bonds. The Morgan fingerprint density at radius 1 is 1.11 bits per heavy atom. The van der Waals surface area contributed by atoms with Crippen LogP contribution in [0.25, 0.3) is 16.7 Å². The minimum atomic E-state index is -0.519. The number of nitrogens with zero attached hydrogens (tertiary/aromatic N) is 3. The van der Waals surface area contributed by atoms with Crippen LogP contribution in [0.15, 0.2) is 34.0 Å². The summed E-state index contributed by atoms with van der Waals surface area (Å²) < 4.78 is 8.04. The molecule has 0 bridgehead atoms. The van der Waals surface area contributed by atoms with E-state index >= 15 is 0 Å². The summed E-state index contributed by atoms with van der Waals surface area (Å²) in [6.45, 7) is 6.26. The normalized spacial score (nSPS) is 12.0. The van der Waals surface area contributed by atoms with E-state index in [0.717, 1.165) is 12.8 Å². The van der Waals surface area contributed by atoms with Crippen molar-refractivity contribution < 1.29 is 9.53 Å². The number of amides is 1. The molecule has 0 saturated heterocycles. The van der Waals surface area contributed by atoms with Crippen molar-refractivity contribution in [1.82, 2.24) is 19.3 Å². The van der Waals surface area contributed by atoms with Gasteiger partial charge in [0, 0.05) is 13.1 Å².